The van der Waals surface area contributed by atoms with Crippen LogP contribution >= 0.6 is 11.5 Å². The minimum Gasteiger partial charge on any atom is -0.347 e. The van der Waals surface area contributed by atoms with Gasteiger partial charge in [-0.15, -0.1) is 0 Å². The van der Waals surface area contributed by atoms with Gasteiger partial charge in [-0.3, -0.25) is 0 Å². The lowest BCUT2D eigenvalue weighted by molar-refractivity contribution is 0.460. The fourth-order valence-corrected chi connectivity index (χ4v) is 4.22. The number of nitrogens with zero attached hydrogens (tertiary/aromatic N) is 3. The Morgan fingerprint density at radius 2 is 1.96 bits per heavy atom. The van der Waals surface area contributed by atoms with Crippen molar-refractivity contribution < 1.29 is 8.42 Å². The fourth-order valence-electron chi connectivity index (χ4n) is 2.57. The number of anilines is 1. The Morgan fingerprint density at radius 3 is 2.61 bits per heavy atom. The highest BCUT2D eigenvalue weighted by Gasteiger charge is 2.24. The molecule has 6 nitrogen and oxygen atoms in total. The van der Waals surface area contributed by atoms with Crippen LogP contribution in [-0.4, -0.2) is 42.7 Å². The minimum atomic E-state index is -3.13. The van der Waals surface area contributed by atoms with E-state index in [0.717, 1.165) is 42.5 Å². The molecule has 0 spiro atoms. The van der Waals surface area contributed by atoms with E-state index in [0.29, 0.717) is 0 Å². The molecular formula is C15H20N4O2S2. The molecule has 0 radical (unpaired) electrons. The van der Waals surface area contributed by atoms with Gasteiger partial charge in [0, 0.05) is 36.2 Å². The molecule has 1 N–H and O–H groups in total. The normalized spacial score (nSPS) is 16.7. The van der Waals surface area contributed by atoms with E-state index >= 15 is 0 Å². The van der Waals surface area contributed by atoms with E-state index in [-0.39, 0.29) is 11.8 Å². The molecule has 1 fully saturated rings. The second-order valence-electron chi connectivity index (χ2n) is 5.55. The van der Waals surface area contributed by atoms with Gasteiger partial charge in [-0.05, 0) is 19.8 Å². The zero-order valence-corrected chi connectivity index (χ0v) is 14.6. The van der Waals surface area contributed by atoms with Crippen molar-refractivity contribution in [3.63, 3.8) is 0 Å². The Balaban J connectivity index is 1.61. The number of hydrogen-bond acceptors (Lipinski definition) is 6. The third kappa shape index (κ3) is 4.07. The quantitative estimate of drug-likeness (QED) is 0.892. The maximum Gasteiger partial charge on any atom is 0.211 e. The first kappa shape index (κ1) is 16.4. The summed E-state index contributed by atoms with van der Waals surface area (Å²) in [6.45, 7) is 3.24. The number of rotatable bonds is 5. The summed E-state index contributed by atoms with van der Waals surface area (Å²) >= 11 is 1.40. The van der Waals surface area contributed by atoms with Gasteiger partial charge in [0.15, 0.2) is 5.82 Å². The van der Waals surface area contributed by atoms with E-state index in [9.17, 15) is 8.42 Å². The molecule has 0 unspecified atom stereocenters. The average Bonchev–Trinajstić information content (AvgIpc) is 3.06. The van der Waals surface area contributed by atoms with Crippen LogP contribution in [-0.2, 0) is 10.0 Å². The summed E-state index contributed by atoms with van der Waals surface area (Å²) in [6, 6.07) is 9.94. The predicted molar refractivity (Wildman–Crippen MR) is 93.2 cm³/mol. The summed E-state index contributed by atoms with van der Waals surface area (Å²) in [7, 11) is -3.13. The molecule has 0 bridgehead atoms. The highest BCUT2D eigenvalue weighted by atomic mass is 32.2. The first-order valence-corrected chi connectivity index (χ1v) is 10.1. The van der Waals surface area contributed by atoms with Crippen molar-refractivity contribution in [3.8, 4) is 11.4 Å². The van der Waals surface area contributed by atoms with Gasteiger partial charge in [-0.25, -0.2) is 13.1 Å². The van der Waals surface area contributed by atoms with Crippen molar-refractivity contribution in [3.05, 3.63) is 30.3 Å². The van der Waals surface area contributed by atoms with Gasteiger partial charge in [-0.1, -0.05) is 30.3 Å². The first-order valence-electron chi connectivity index (χ1n) is 7.71. The molecule has 8 heteroatoms. The largest absolute Gasteiger partial charge is 0.347 e. The fraction of sp³-hybridized carbons (Fsp3) is 0.467. The maximum atomic E-state index is 11.6. The van der Waals surface area contributed by atoms with Crippen LogP contribution in [0.2, 0.25) is 0 Å². The smallest absolute Gasteiger partial charge is 0.211 e. The third-order valence-electron chi connectivity index (χ3n) is 3.94. The second-order valence-corrected chi connectivity index (χ2v) is 8.32. The SMILES string of the molecule is CCS(=O)(=O)NC1CCN(c2nc(-c3ccccc3)ns2)CC1. The molecule has 0 saturated carbocycles. The number of benzene rings is 1. The zero-order valence-electron chi connectivity index (χ0n) is 13.0. The van der Waals surface area contributed by atoms with Crippen molar-refractivity contribution in [1.82, 2.24) is 14.1 Å². The molecule has 3 rings (SSSR count). The Hall–Kier alpha value is -1.51. The third-order valence-corrected chi connectivity index (χ3v) is 6.17. The predicted octanol–water partition coefficient (Wildman–Crippen LogP) is 2.11. The lowest BCUT2D eigenvalue weighted by Crippen LogP contribution is -2.45. The van der Waals surface area contributed by atoms with Crippen LogP contribution in [0, 0.1) is 0 Å². The standard InChI is InChI=1S/C15H20N4O2S2/c1-2-23(20,21)18-13-8-10-19(11-9-13)15-16-14(17-22-15)12-6-4-3-5-7-12/h3-7,13,18H,2,8-11H2,1H3. The van der Waals surface area contributed by atoms with E-state index in [1.165, 1.54) is 11.5 Å². The number of nitrogens with one attached hydrogen (secondary N) is 1. The second kappa shape index (κ2) is 6.94. The summed E-state index contributed by atoms with van der Waals surface area (Å²) in [5, 5.41) is 0.903. The Kier molecular flexibility index (Phi) is 4.93. The van der Waals surface area contributed by atoms with Crippen molar-refractivity contribution in [2.75, 3.05) is 23.7 Å². The summed E-state index contributed by atoms with van der Waals surface area (Å²) in [4.78, 5) is 6.80. The van der Waals surface area contributed by atoms with Gasteiger partial charge >= 0.3 is 0 Å². The lowest BCUT2D eigenvalue weighted by atomic mass is 10.1. The first-order chi connectivity index (χ1) is 11.1. The average molecular weight is 352 g/mol. The molecule has 1 saturated heterocycles. The van der Waals surface area contributed by atoms with Crippen molar-refractivity contribution >= 4 is 26.7 Å². The van der Waals surface area contributed by atoms with Gasteiger partial charge in [0.1, 0.15) is 0 Å². The molecule has 23 heavy (non-hydrogen) atoms. The van der Waals surface area contributed by atoms with Gasteiger partial charge in [0.25, 0.3) is 0 Å². The van der Waals surface area contributed by atoms with E-state index in [2.05, 4.69) is 19.0 Å². The number of aromatic nitrogens is 2. The van der Waals surface area contributed by atoms with E-state index in [4.69, 9.17) is 0 Å². The molecule has 1 aromatic carbocycles. The summed E-state index contributed by atoms with van der Waals surface area (Å²) in [5.74, 6) is 0.878. The summed E-state index contributed by atoms with van der Waals surface area (Å²) in [5.41, 5.74) is 1.01. The Morgan fingerprint density at radius 1 is 1.26 bits per heavy atom. The molecule has 2 aromatic rings. The number of piperidine rings is 1. The molecule has 2 heterocycles. The van der Waals surface area contributed by atoms with E-state index in [1.807, 2.05) is 30.3 Å². The van der Waals surface area contributed by atoms with Crippen LogP contribution in [0.5, 0.6) is 0 Å². The molecule has 1 aliphatic rings. The monoisotopic (exact) mass is 352 g/mol. The van der Waals surface area contributed by atoms with Crippen molar-refractivity contribution in [2.24, 2.45) is 0 Å². The van der Waals surface area contributed by atoms with Gasteiger partial charge in [0.2, 0.25) is 15.2 Å². The van der Waals surface area contributed by atoms with Gasteiger partial charge < -0.3 is 4.90 Å². The van der Waals surface area contributed by atoms with E-state index < -0.39 is 10.0 Å². The molecule has 1 aliphatic heterocycles. The van der Waals surface area contributed by atoms with Crippen LogP contribution < -0.4 is 9.62 Å². The van der Waals surface area contributed by atoms with Crippen LogP contribution in [0.1, 0.15) is 19.8 Å². The molecule has 0 aliphatic carbocycles. The molecular weight excluding hydrogens is 332 g/mol. The summed E-state index contributed by atoms with van der Waals surface area (Å²) in [6.07, 6.45) is 1.58. The molecule has 0 atom stereocenters. The van der Waals surface area contributed by atoms with E-state index in [1.54, 1.807) is 6.92 Å². The molecule has 0 amide bonds. The topological polar surface area (TPSA) is 75.2 Å². The highest BCUT2D eigenvalue weighted by molar-refractivity contribution is 7.89. The maximum absolute atomic E-state index is 11.6. The van der Waals surface area contributed by atoms with Crippen LogP contribution in [0.4, 0.5) is 5.13 Å². The number of sulfonamides is 1. The summed E-state index contributed by atoms with van der Waals surface area (Å²) < 4.78 is 30.5. The van der Waals surface area contributed by atoms with Gasteiger partial charge in [-0.2, -0.15) is 9.36 Å². The molecule has 124 valence electrons. The van der Waals surface area contributed by atoms with Crippen LogP contribution in [0.25, 0.3) is 11.4 Å². The Bertz CT molecular complexity index is 738. The van der Waals surface area contributed by atoms with Gasteiger partial charge in [0.05, 0.1) is 5.75 Å². The van der Waals surface area contributed by atoms with Crippen LogP contribution in [0.3, 0.4) is 0 Å². The Labute approximate surface area is 140 Å². The van der Waals surface area contributed by atoms with Crippen molar-refractivity contribution in [2.45, 2.75) is 25.8 Å². The number of hydrogen-bond donors (Lipinski definition) is 1. The minimum absolute atomic E-state index is 0.0257. The highest BCUT2D eigenvalue weighted by Crippen LogP contribution is 2.26. The molecule has 1 aromatic heterocycles. The zero-order chi connectivity index (χ0) is 16.3. The van der Waals surface area contributed by atoms with Crippen LogP contribution in [0.15, 0.2) is 30.3 Å². The lowest BCUT2D eigenvalue weighted by Gasteiger charge is -2.31. The van der Waals surface area contributed by atoms with Crippen molar-refractivity contribution in [1.29, 1.82) is 0 Å².